The van der Waals surface area contributed by atoms with Gasteiger partial charge in [-0.2, -0.15) is 5.10 Å². The van der Waals surface area contributed by atoms with Crippen LogP contribution in [0.15, 0.2) is 39.7 Å². The number of rotatable bonds is 7. The number of hydrogen-bond acceptors (Lipinski definition) is 4. The van der Waals surface area contributed by atoms with Crippen molar-refractivity contribution in [3.63, 3.8) is 0 Å². The van der Waals surface area contributed by atoms with E-state index in [0.717, 1.165) is 22.8 Å². The van der Waals surface area contributed by atoms with Gasteiger partial charge in [0.2, 0.25) is 0 Å². The van der Waals surface area contributed by atoms with E-state index in [4.69, 9.17) is 4.74 Å². The first kappa shape index (κ1) is 19.8. The highest BCUT2D eigenvalue weighted by Gasteiger charge is 2.15. The van der Waals surface area contributed by atoms with Crippen LogP contribution in [0.4, 0.5) is 0 Å². The molecule has 0 radical (unpaired) electrons. The number of fused-ring (bicyclic) bond motifs is 1. The Bertz CT molecular complexity index is 1010. The van der Waals surface area contributed by atoms with Gasteiger partial charge >= 0.3 is 0 Å². The van der Waals surface area contributed by atoms with E-state index < -0.39 is 8.07 Å². The van der Waals surface area contributed by atoms with Gasteiger partial charge in [0.25, 0.3) is 5.56 Å². The van der Waals surface area contributed by atoms with Crippen molar-refractivity contribution in [2.45, 2.75) is 38.8 Å². The predicted octanol–water partition coefficient (Wildman–Crippen LogP) is 4.10. The maximum Gasteiger partial charge on any atom is 0.273 e. The molecule has 0 saturated carbocycles. The SMILES string of the molecule is C[Si](C)(C)CCOCn1ccc2c(=O)[nH]nc(Cc3cccc(O)c3Br)c21. The first-order valence-electron chi connectivity index (χ1n) is 8.87. The third-order valence-corrected chi connectivity index (χ3v) is 7.04. The molecule has 27 heavy (non-hydrogen) atoms. The lowest BCUT2D eigenvalue weighted by atomic mass is 10.1. The smallest absolute Gasteiger partial charge is 0.273 e. The van der Waals surface area contributed by atoms with Gasteiger partial charge < -0.3 is 14.4 Å². The molecule has 2 aromatic heterocycles. The summed E-state index contributed by atoms with van der Waals surface area (Å²) in [7, 11) is -1.15. The van der Waals surface area contributed by atoms with Gasteiger partial charge in [0.05, 0.1) is 21.1 Å². The van der Waals surface area contributed by atoms with Gasteiger partial charge in [-0.25, -0.2) is 5.10 Å². The summed E-state index contributed by atoms with van der Waals surface area (Å²) < 4.78 is 8.42. The summed E-state index contributed by atoms with van der Waals surface area (Å²) in [6.45, 7) is 8.04. The molecule has 3 rings (SSSR count). The molecule has 8 heteroatoms. The number of nitrogens with one attached hydrogen (secondary N) is 1. The van der Waals surface area contributed by atoms with Crippen LogP contribution in [0.3, 0.4) is 0 Å². The van der Waals surface area contributed by atoms with Crippen LogP contribution in [-0.4, -0.2) is 34.6 Å². The minimum atomic E-state index is -1.15. The molecule has 0 aliphatic heterocycles. The quantitative estimate of drug-likeness (QED) is 0.420. The number of benzene rings is 1. The van der Waals surface area contributed by atoms with Gasteiger partial charge in [-0.15, -0.1) is 0 Å². The molecule has 2 heterocycles. The zero-order chi connectivity index (χ0) is 19.6. The summed E-state index contributed by atoms with van der Waals surface area (Å²) in [6.07, 6.45) is 2.33. The van der Waals surface area contributed by atoms with E-state index in [1.54, 1.807) is 18.2 Å². The van der Waals surface area contributed by atoms with E-state index in [-0.39, 0.29) is 11.3 Å². The summed E-state index contributed by atoms with van der Waals surface area (Å²) in [5.41, 5.74) is 2.17. The Morgan fingerprint density at radius 2 is 2.07 bits per heavy atom. The average Bonchev–Trinajstić information content (AvgIpc) is 3.02. The monoisotopic (exact) mass is 449 g/mol. The molecule has 0 unspecified atom stereocenters. The van der Waals surface area contributed by atoms with Crippen molar-refractivity contribution >= 4 is 34.9 Å². The first-order chi connectivity index (χ1) is 12.8. The maximum atomic E-state index is 12.2. The standard InChI is InChI=1S/C19H24BrN3O3Si/c1-27(2,3)10-9-26-12-23-8-7-14-18(23)15(21-22-19(14)25)11-13-5-4-6-16(24)17(13)20/h4-8,24H,9-12H2,1-3H3,(H,22,25). The molecule has 0 fully saturated rings. The van der Waals surface area contributed by atoms with E-state index in [1.165, 1.54) is 0 Å². The Balaban J connectivity index is 1.89. The van der Waals surface area contributed by atoms with Crippen LogP contribution < -0.4 is 5.56 Å². The Hall–Kier alpha value is -1.90. The van der Waals surface area contributed by atoms with Gasteiger partial charge in [0.1, 0.15) is 12.5 Å². The van der Waals surface area contributed by atoms with Crippen LogP contribution >= 0.6 is 15.9 Å². The van der Waals surface area contributed by atoms with Crippen molar-refractivity contribution in [2.24, 2.45) is 0 Å². The number of aromatic nitrogens is 3. The molecule has 0 aliphatic carbocycles. The van der Waals surface area contributed by atoms with Crippen molar-refractivity contribution in [1.82, 2.24) is 14.8 Å². The summed E-state index contributed by atoms with van der Waals surface area (Å²) in [5.74, 6) is 0.179. The van der Waals surface area contributed by atoms with E-state index in [9.17, 15) is 9.90 Å². The number of H-pyrrole nitrogens is 1. The number of nitrogens with zero attached hydrogens (tertiary/aromatic N) is 2. The number of phenols is 1. The topological polar surface area (TPSA) is 80.1 Å². The van der Waals surface area contributed by atoms with E-state index in [2.05, 4.69) is 45.8 Å². The molecule has 3 aromatic rings. The molecule has 6 nitrogen and oxygen atoms in total. The largest absolute Gasteiger partial charge is 0.507 e. The second-order valence-electron chi connectivity index (χ2n) is 7.82. The fourth-order valence-electron chi connectivity index (χ4n) is 2.86. The zero-order valence-corrected chi connectivity index (χ0v) is 18.3. The molecule has 0 atom stereocenters. The molecule has 2 N–H and O–H groups in total. The molecular weight excluding hydrogens is 426 g/mol. The molecule has 1 aromatic carbocycles. The van der Waals surface area contributed by atoms with Crippen LogP contribution in [0.2, 0.25) is 25.7 Å². The lowest BCUT2D eigenvalue weighted by molar-refractivity contribution is 0.0901. The van der Waals surface area contributed by atoms with Crippen molar-refractivity contribution in [1.29, 1.82) is 0 Å². The highest BCUT2D eigenvalue weighted by atomic mass is 79.9. The fraction of sp³-hybridized carbons (Fsp3) is 0.368. The first-order valence-corrected chi connectivity index (χ1v) is 13.4. The zero-order valence-electron chi connectivity index (χ0n) is 15.8. The van der Waals surface area contributed by atoms with E-state index in [0.29, 0.717) is 29.6 Å². The summed E-state index contributed by atoms with van der Waals surface area (Å²) in [6, 6.07) is 8.21. The van der Waals surface area contributed by atoms with Gasteiger partial charge in [-0.3, -0.25) is 4.79 Å². The third kappa shape index (κ3) is 4.69. The van der Waals surface area contributed by atoms with Crippen molar-refractivity contribution in [2.75, 3.05) is 6.61 Å². The molecule has 0 amide bonds. The van der Waals surface area contributed by atoms with Crippen LogP contribution in [0.5, 0.6) is 5.75 Å². The molecule has 144 valence electrons. The number of hydrogen-bond donors (Lipinski definition) is 2. The number of aromatic hydroxyl groups is 1. The van der Waals surface area contributed by atoms with Crippen molar-refractivity contribution in [3.05, 3.63) is 56.5 Å². The second-order valence-corrected chi connectivity index (χ2v) is 14.2. The van der Waals surface area contributed by atoms with Crippen LogP contribution in [0.25, 0.3) is 10.9 Å². The number of aromatic amines is 1. The van der Waals surface area contributed by atoms with Crippen molar-refractivity contribution in [3.8, 4) is 5.75 Å². The summed E-state index contributed by atoms with van der Waals surface area (Å²) >= 11 is 3.42. The third-order valence-electron chi connectivity index (χ3n) is 4.42. The molecule has 0 spiro atoms. The van der Waals surface area contributed by atoms with Gasteiger partial charge in [-0.1, -0.05) is 31.8 Å². The molecule has 0 aliphatic rings. The number of phenolic OH excluding ortho intramolecular Hbond substituents is 1. The van der Waals surface area contributed by atoms with Gasteiger partial charge in [-0.05, 0) is 39.7 Å². The molecule has 0 saturated heterocycles. The summed E-state index contributed by atoms with van der Waals surface area (Å²) in [5, 5.41) is 17.3. The minimum absolute atomic E-state index is 0.179. The van der Waals surface area contributed by atoms with Gasteiger partial charge in [0, 0.05) is 27.3 Å². The van der Waals surface area contributed by atoms with E-state index in [1.807, 2.05) is 16.8 Å². The molecule has 0 bridgehead atoms. The van der Waals surface area contributed by atoms with Crippen LogP contribution in [-0.2, 0) is 17.9 Å². The van der Waals surface area contributed by atoms with Crippen LogP contribution in [0.1, 0.15) is 11.3 Å². The lowest BCUT2D eigenvalue weighted by Gasteiger charge is -2.16. The fourth-order valence-corrected chi connectivity index (χ4v) is 4.03. The van der Waals surface area contributed by atoms with Crippen LogP contribution in [0, 0.1) is 0 Å². The minimum Gasteiger partial charge on any atom is -0.507 e. The van der Waals surface area contributed by atoms with Crippen molar-refractivity contribution < 1.29 is 9.84 Å². The Kier molecular flexibility index (Phi) is 5.88. The highest BCUT2D eigenvalue weighted by molar-refractivity contribution is 9.10. The lowest BCUT2D eigenvalue weighted by Crippen LogP contribution is -2.22. The number of ether oxygens (including phenoxy) is 1. The Morgan fingerprint density at radius 3 is 2.81 bits per heavy atom. The Morgan fingerprint density at radius 1 is 1.30 bits per heavy atom. The van der Waals surface area contributed by atoms with E-state index >= 15 is 0 Å². The number of halogens is 1. The van der Waals surface area contributed by atoms with Gasteiger partial charge in [0.15, 0.2) is 0 Å². The molecular formula is C19H24BrN3O3Si. The highest BCUT2D eigenvalue weighted by Crippen LogP contribution is 2.29. The summed E-state index contributed by atoms with van der Waals surface area (Å²) in [4.78, 5) is 12.2. The normalized spacial score (nSPS) is 12.0. The average molecular weight is 450 g/mol. The maximum absolute atomic E-state index is 12.2. The Labute approximate surface area is 167 Å². The predicted molar refractivity (Wildman–Crippen MR) is 113 cm³/mol. The second kappa shape index (κ2) is 8.00.